The number of carbonyl (C=O) groups excluding carboxylic acids is 1. The zero-order valence-corrected chi connectivity index (χ0v) is 17.6. The summed E-state index contributed by atoms with van der Waals surface area (Å²) in [4.78, 5) is 33.6. The van der Waals surface area contributed by atoms with Crippen LogP contribution in [0.5, 0.6) is 5.75 Å². The summed E-state index contributed by atoms with van der Waals surface area (Å²) in [6.45, 7) is 0.193. The number of carbonyl (C=O) groups is 1. The van der Waals surface area contributed by atoms with E-state index in [0.29, 0.717) is 12.2 Å². The zero-order chi connectivity index (χ0) is 21.6. The van der Waals surface area contributed by atoms with Crippen molar-refractivity contribution in [2.75, 3.05) is 7.11 Å². The molecule has 0 unspecified atom stereocenters. The van der Waals surface area contributed by atoms with E-state index < -0.39 is 0 Å². The first-order valence-corrected chi connectivity index (χ1v) is 10.5. The molecular formula is C23H20N4O3S. The van der Waals surface area contributed by atoms with Crippen LogP contribution in [0.25, 0.3) is 21.8 Å². The minimum absolute atomic E-state index is 0.107. The molecule has 0 bridgehead atoms. The molecule has 1 N–H and O–H groups in total. The van der Waals surface area contributed by atoms with Crippen LogP contribution in [-0.4, -0.2) is 27.6 Å². The molecule has 2 heterocycles. The highest BCUT2D eigenvalue weighted by molar-refractivity contribution is 7.13. The number of ether oxygens (including phenoxy) is 1. The summed E-state index contributed by atoms with van der Waals surface area (Å²) >= 11 is 1.53. The molecule has 1 amide bonds. The van der Waals surface area contributed by atoms with Crippen LogP contribution in [0.1, 0.15) is 5.69 Å². The molecule has 2 aromatic heterocycles. The second-order valence-corrected chi connectivity index (χ2v) is 7.61. The van der Waals surface area contributed by atoms with Crippen LogP contribution < -0.4 is 15.6 Å². The predicted octanol–water partition coefficient (Wildman–Crippen LogP) is 3.36. The third-order valence-corrected chi connectivity index (χ3v) is 5.56. The highest BCUT2D eigenvalue weighted by Crippen LogP contribution is 2.23. The number of nitrogens with one attached hydrogen (secondary N) is 1. The molecule has 0 aliphatic heterocycles. The first kappa shape index (κ1) is 20.5. The van der Waals surface area contributed by atoms with Crippen LogP contribution in [0, 0.1) is 0 Å². The molecule has 0 aliphatic carbocycles. The topological polar surface area (TPSA) is 86.1 Å². The quantitative estimate of drug-likeness (QED) is 0.484. The van der Waals surface area contributed by atoms with Crippen molar-refractivity contribution in [2.45, 2.75) is 13.1 Å². The third kappa shape index (κ3) is 5.04. The molecule has 0 atom stereocenters. The fourth-order valence-corrected chi connectivity index (χ4v) is 3.79. The molecule has 8 heteroatoms. The van der Waals surface area contributed by atoms with E-state index in [4.69, 9.17) is 4.74 Å². The highest BCUT2D eigenvalue weighted by Gasteiger charge is 2.09. The molecule has 156 valence electrons. The van der Waals surface area contributed by atoms with Crippen molar-refractivity contribution in [1.82, 2.24) is 19.9 Å². The van der Waals surface area contributed by atoms with Gasteiger partial charge in [0.2, 0.25) is 5.91 Å². The van der Waals surface area contributed by atoms with Gasteiger partial charge in [-0.1, -0.05) is 30.3 Å². The summed E-state index contributed by atoms with van der Waals surface area (Å²) in [5, 5.41) is 5.62. The van der Waals surface area contributed by atoms with Gasteiger partial charge in [0.15, 0.2) is 0 Å². The second kappa shape index (κ2) is 9.36. The Morgan fingerprint density at radius 2 is 1.87 bits per heavy atom. The molecule has 2 aromatic carbocycles. The maximum Gasteiger partial charge on any atom is 0.254 e. The number of thiazole rings is 1. The zero-order valence-electron chi connectivity index (χ0n) is 16.8. The lowest BCUT2D eigenvalue weighted by atomic mass is 10.1. The number of aromatic nitrogens is 3. The molecule has 0 saturated carbocycles. The minimum atomic E-state index is -0.295. The van der Waals surface area contributed by atoms with Crippen LogP contribution in [0.15, 0.2) is 77.2 Å². The molecule has 4 rings (SSSR count). The molecule has 7 nitrogen and oxygen atoms in total. The van der Waals surface area contributed by atoms with E-state index in [1.54, 1.807) is 19.2 Å². The average molecular weight is 433 g/mol. The maximum absolute atomic E-state index is 12.4. The van der Waals surface area contributed by atoms with Crippen LogP contribution in [0.4, 0.5) is 0 Å². The maximum atomic E-state index is 12.4. The summed E-state index contributed by atoms with van der Waals surface area (Å²) < 4.78 is 6.41. The van der Waals surface area contributed by atoms with Gasteiger partial charge in [-0.15, -0.1) is 11.3 Å². The van der Waals surface area contributed by atoms with Gasteiger partial charge < -0.3 is 10.1 Å². The summed E-state index contributed by atoms with van der Waals surface area (Å²) in [5.74, 6) is 0.445. The lowest BCUT2D eigenvalue weighted by molar-refractivity contribution is -0.121. The Kier molecular flexibility index (Phi) is 6.18. The van der Waals surface area contributed by atoms with E-state index in [1.165, 1.54) is 28.3 Å². The van der Waals surface area contributed by atoms with Crippen molar-refractivity contribution < 1.29 is 9.53 Å². The molecule has 0 aliphatic rings. The van der Waals surface area contributed by atoms with Crippen molar-refractivity contribution in [3.63, 3.8) is 0 Å². The predicted molar refractivity (Wildman–Crippen MR) is 120 cm³/mol. The number of amides is 1. The van der Waals surface area contributed by atoms with E-state index in [1.807, 2.05) is 47.8 Å². The van der Waals surface area contributed by atoms with Crippen molar-refractivity contribution in [3.8, 4) is 27.6 Å². The number of methoxy groups -OCH3 is 1. The van der Waals surface area contributed by atoms with E-state index in [9.17, 15) is 9.59 Å². The van der Waals surface area contributed by atoms with Gasteiger partial charge in [-0.25, -0.2) is 9.97 Å². The fourth-order valence-electron chi connectivity index (χ4n) is 2.97. The number of rotatable bonds is 7. The normalized spacial score (nSPS) is 10.6. The van der Waals surface area contributed by atoms with E-state index in [0.717, 1.165) is 27.6 Å². The van der Waals surface area contributed by atoms with Crippen molar-refractivity contribution >= 4 is 17.2 Å². The summed E-state index contributed by atoms with van der Waals surface area (Å²) in [7, 11) is 1.59. The van der Waals surface area contributed by atoms with Crippen LogP contribution >= 0.6 is 11.3 Å². The largest absolute Gasteiger partial charge is 0.497 e. The van der Waals surface area contributed by atoms with E-state index in [2.05, 4.69) is 15.3 Å². The summed E-state index contributed by atoms with van der Waals surface area (Å²) in [6, 6.07) is 18.6. The third-order valence-electron chi connectivity index (χ3n) is 4.62. The molecule has 0 fully saturated rings. The summed E-state index contributed by atoms with van der Waals surface area (Å²) in [6.07, 6.45) is 1.39. The molecular weight excluding hydrogens is 412 g/mol. The Morgan fingerprint density at radius 3 is 2.58 bits per heavy atom. The van der Waals surface area contributed by atoms with Crippen LogP contribution in [0.2, 0.25) is 0 Å². The highest BCUT2D eigenvalue weighted by atomic mass is 32.1. The van der Waals surface area contributed by atoms with Crippen molar-refractivity contribution in [3.05, 3.63) is 88.4 Å². The fraction of sp³-hybridized carbons (Fsp3) is 0.130. The SMILES string of the molecule is COc1ccc(-c2cc(=O)n(CC(=O)NCc3csc(-c4ccccc4)n3)cn2)cc1. The van der Waals surface area contributed by atoms with Gasteiger partial charge in [-0.3, -0.25) is 14.2 Å². The van der Waals surface area contributed by atoms with Gasteiger partial charge in [0.25, 0.3) is 5.56 Å². The Morgan fingerprint density at radius 1 is 1.10 bits per heavy atom. The lowest BCUT2D eigenvalue weighted by Crippen LogP contribution is -2.32. The first-order valence-electron chi connectivity index (χ1n) is 9.60. The molecule has 0 radical (unpaired) electrons. The Labute approximate surface area is 183 Å². The standard InChI is InChI=1S/C23H20N4O3S/c1-30-19-9-7-16(8-10-19)20-11-22(29)27(15-25-20)13-21(28)24-12-18-14-31-23(26-18)17-5-3-2-4-6-17/h2-11,14-15H,12-13H2,1H3,(H,24,28). The van der Waals surface area contributed by atoms with Crippen molar-refractivity contribution in [2.24, 2.45) is 0 Å². The Hall–Kier alpha value is -3.78. The molecule has 0 spiro atoms. The van der Waals surface area contributed by atoms with Gasteiger partial charge >= 0.3 is 0 Å². The Bertz CT molecular complexity index is 1230. The average Bonchev–Trinajstić information content (AvgIpc) is 3.29. The van der Waals surface area contributed by atoms with Gasteiger partial charge in [-0.2, -0.15) is 0 Å². The van der Waals surface area contributed by atoms with E-state index in [-0.39, 0.29) is 18.0 Å². The lowest BCUT2D eigenvalue weighted by Gasteiger charge is -2.08. The summed E-state index contributed by atoms with van der Waals surface area (Å²) in [5.41, 5.74) is 2.86. The van der Waals surface area contributed by atoms with Crippen LogP contribution in [0.3, 0.4) is 0 Å². The van der Waals surface area contributed by atoms with E-state index >= 15 is 0 Å². The van der Waals surface area contributed by atoms with Crippen molar-refractivity contribution in [1.29, 1.82) is 0 Å². The number of hydrogen-bond acceptors (Lipinski definition) is 6. The van der Waals surface area contributed by atoms with Gasteiger partial charge in [0.05, 0.1) is 31.4 Å². The number of nitrogens with zero attached hydrogens (tertiary/aromatic N) is 3. The molecule has 4 aromatic rings. The van der Waals surface area contributed by atoms with Gasteiger partial charge in [-0.05, 0) is 24.3 Å². The second-order valence-electron chi connectivity index (χ2n) is 6.76. The first-order chi connectivity index (χ1) is 15.1. The number of hydrogen-bond donors (Lipinski definition) is 1. The van der Waals surface area contributed by atoms with Gasteiger partial charge in [0, 0.05) is 22.6 Å². The smallest absolute Gasteiger partial charge is 0.254 e. The number of benzene rings is 2. The minimum Gasteiger partial charge on any atom is -0.497 e. The van der Waals surface area contributed by atoms with Gasteiger partial charge in [0.1, 0.15) is 17.3 Å². The monoisotopic (exact) mass is 432 g/mol. The molecule has 31 heavy (non-hydrogen) atoms. The Balaban J connectivity index is 1.36. The molecule has 0 saturated heterocycles. The van der Waals surface area contributed by atoms with Crippen LogP contribution in [-0.2, 0) is 17.9 Å².